The van der Waals surface area contributed by atoms with E-state index in [1.807, 2.05) is 0 Å². The molecule has 1 rings (SSSR count). The van der Waals surface area contributed by atoms with Crippen LogP contribution in [-0.4, -0.2) is 52.0 Å². The molecule has 0 aromatic heterocycles. The van der Waals surface area contributed by atoms with Crippen LogP contribution in [-0.2, 0) is 9.47 Å². The van der Waals surface area contributed by atoms with Gasteiger partial charge in [0.15, 0.2) is 5.96 Å². The SMILES string of the molecule is CCNC(=NCCCOCCOC)NC1CC1C.I. The van der Waals surface area contributed by atoms with Gasteiger partial charge in [-0.25, -0.2) is 0 Å². The number of halogens is 1. The zero-order valence-electron chi connectivity index (χ0n) is 12.3. The van der Waals surface area contributed by atoms with E-state index in [1.165, 1.54) is 6.42 Å². The second-order valence-corrected chi connectivity index (χ2v) is 4.68. The van der Waals surface area contributed by atoms with Crippen molar-refractivity contribution in [1.82, 2.24) is 10.6 Å². The quantitative estimate of drug-likeness (QED) is 0.274. The number of rotatable bonds is 9. The van der Waals surface area contributed by atoms with Gasteiger partial charge in [0.05, 0.1) is 13.2 Å². The predicted molar refractivity (Wildman–Crippen MR) is 89.4 cm³/mol. The Bertz CT molecular complexity index is 252. The molecule has 2 N–H and O–H groups in total. The lowest BCUT2D eigenvalue weighted by molar-refractivity contribution is 0.0702. The van der Waals surface area contributed by atoms with Gasteiger partial charge in [0.2, 0.25) is 0 Å². The molecule has 1 aliphatic carbocycles. The Kier molecular flexibility index (Phi) is 11.7. The number of aliphatic imine (C=N–C) groups is 1. The van der Waals surface area contributed by atoms with Crippen molar-refractivity contribution in [2.75, 3.05) is 40.0 Å². The van der Waals surface area contributed by atoms with Crippen molar-refractivity contribution in [1.29, 1.82) is 0 Å². The van der Waals surface area contributed by atoms with Gasteiger partial charge in [-0.05, 0) is 25.7 Å². The summed E-state index contributed by atoms with van der Waals surface area (Å²) in [6.45, 7) is 8.10. The molecular formula is C13H28IN3O2. The molecule has 0 aromatic carbocycles. The van der Waals surface area contributed by atoms with Crippen LogP contribution in [0.1, 0.15) is 26.7 Å². The maximum Gasteiger partial charge on any atom is 0.191 e. The summed E-state index contributed by atoms with van der Waals surface area (Å²) in [5, 5.41) is 6.69. The third kappa shape index (κ3) is 9.45. The van der Waals surface area contributed by atoms with Gasteiger partial charge in [0, 0.05) is 32.8 Å². The summed E-state index contributed by atoms with van der Waals surface area (Å²) >= 11 is 0. The second kappa shape index (κ2) is 11.7. The Morgan fingerprint density at radius 2 is 2.05 bits per heavy atom. The van der Waals surface area contributed by atoms with Crippen LogP contribution in [0.25, 0.3) is 0 Å². The highest BCUT2D eigenvalue weighted by Crippen LogP contribution is 2.28. The molecule has 0 aliphatic heterocycles. The van der Waals surface area contributed by atoms with Gasteiger partial charge >= 0.3 is 0 Å². The smallest absolute Gasteiger partial charge is 0.191 e. The normalized spacial score (nSPS) is 21.7. The Labute approximate surface area is 133 Å². The monoisotopic (exact) mass is 385 g/mol. The molecule has 5 nitrogen and oxygen atoms in total. The van der Waals surface area contributed by atoms with Crippen molar-refractivity contribution in [3.8, 4) is 0 Å². The molecule has 0 amide bonds. The standard InChI is InChI=1S/C13H27N3O2.HI/c1-4-14-13(16-12-10-11(12)2)15-6-5-7-18-9-8-17-3;/h11-12H,4-10H2,1-3H3,(H2,14,15,16);1H. The summed E-state index contributed by atoms with van der Waals surface area (Å²) in [5.74, 6) is 1.72. The maximum atomic E-state index is 5.39. The molecule has 114 valence electrons. The average molecular weight is 385 g/mol. The van der Waals surface area contributed by atoms with Crippen molar-refractivity contribution >= 4 is 29.9 Å². The Balaban J connectivity index is 0.00000324. The molecule has 1 aliphatic rings. The molecule has 0 heterocycles. The average Bonchev–Trinajstić information content (AvgIpc) is 3.04. The third-order valence-corrected chi connectivity index (χ3v) is 2.92. The molecule has 2 atom stereocenters. The first-order chi connectivity index (χ1) is 8.77. The van der Waals surface area contributed by atoms with Crippen LogP contribution in [0.5, 0.6) is 0 Å². The highest BCUT2D eigenvalue weighted by atomic mass is 127. The van der Waals surface area contributed by atoms with E-state index < -0.39 is 0 Å². The van der Waals surface area contributed by atoms with Crippen LogP contribution in [0, 0.1) is 5.92 Å². The summed E-state index contributed by atoms with van der Waals surface area (Å²) in [6.07, 6.45) is 2.20. The fourth-order valence-electron chi connectivity index (χ4n) is 1.62. The Hall–Kier alpha value is -0.0800. The van der Waals surface area contributed by atoms with Gasteiger partial charge in [0.25, 0.3) is 0 Å². The predicted octanol–water partition coefficient (Wildman–Crippen LogP) is 1.62. The second-order valence-electron chi connectivity index (χ2n) is 4.68. The molecule has 2 unspecified atom stereocenters. The van der Waals surface area contributed by atoms with Crippen LogP contribution >= 0.6 is 24.0 Å². The molecule has 0 aromatic rings. The summed E-state index contributed by atoms with van der Waals surface area (Å²) in [7, 11) is 1.68. The van der Waals surface area contributed by atoms with Crippen molar-refractivity contribution < 1.29 is 9.47 Å². The number of ether oxygens (including phenoxy) is 2. The molecule has 0 spiro atoms. The van der Waals surface area contributed by atoms with Crippen LogP contribution in [0.15, 0.2) is 4.99 Å². The van der Waals surface area contributed by atoms with E-state index >= 15 is 0 Å². The number of hydrogen-bond donors (Lipinski definition) is 2. The lowest BCUT2D eigenvalue weighted by atomic mass is 10.4. The minimum atomic E-state index is 0. The number of nitrogens with one attached hydrogen (secondary N) is 2. The first-order valence-electron chi connectivity index (χ1n) is 6.89. The van der Waals surface area contributed by atoms with E-state index in [2.05, 4.69) is 29.5 Å². The summed E-state index contributed by atoms with van der Waals surface area (Å²) in [4.78, 5) is 4.53. The van der Waals surface area contributed by atoms with Crippen molar-refractivity contribution in [2.45, 2.75) is 32.7 Å². The Morgan fingerprint density at radius 3 is 2.63 bits per heavy atom. The van der Waals surface area contributed by atoms with Gasteiger partial charge in [-0.2, -0.15) is 0 Å². The van der Waals surface area contributed by atoms with E-state index in [4.69, 9.17) is 9.47 Å². The highest BCUT2D eigenvalue weighted by Gasteiger charge is 2.33. The summed E-state index contributed by atoms with van der Waals surface area (Å²) < 4.78 is 10.3. The highest BCUT2D eigenvalue weighted by molar-refractivity contribution is 14.0. The van der Waals surface area contributed by atoms with Crippen LogP contribution < -0.4 is 10.6 Å². The minimum absolute atomic E-state index is 0. The minimum Gasteiger partial charge on any atom is -0.382 e. The number of methoxy groups -OCH3 is 1. The molecule has 0 bridgehead atoms. The van der Waals surface area contributed by atoms with Crippen LogP contribution in [0.4, 0.5) is 0 Å². The molecule has 19 heavy (non-hydrogen) atoms. The Morgan fingerprint density at radius 1 is 1.32 bits per heavy atom. The third-order valence-electron chi connectivity index (χ3n) is 2.92. The van der Waals surface area contributed by atoms with E-state index in [0.717, 1.165) is 38.0 Å². The van der Waals surface area contributed by atoms with Crippen molar-refractivity contribution in [3.05, 3.63) is 0 Å². The summed E-state index contributed by atoms with van der Waals surface area (Å²) in [6, 6.07) is 0.612. The van der Waals surface area contributed by atoms with E-state index in [0.29, 0.717) is 19.3 Å². The van der Waals surface area contributed by atoms with Gasteiger partial charge in [0.1, 0.15) is 0 Å². The molecule has 1 saturated carbocycles. The molecule has 0 saturated heterocycles. The molecule has 0 radical (unpaired) electrons. The number of nitrogens with zero attached hydrogens (tertiary/aromatic N) is 1. The zero-order valence-corrected chi connectivity index (χ0v) is 14.6. The molecular weight excluding hydrogens is 357 g/mol. The van der Waals surface area contributed by atoms with Crippen molar-refractivity contribution in [3.63, 3.8) is 0 Å². The lowest BCUT2D eigenvalue weighted by Gasteiger charge is -2.10. The zero-order chi connectivity index (χ0) is 13.2. The van der Waals surface area contributed by atoms with Gasteiger partial charge in [-0.15, -0.1) is 24.0 Å². The first-order valence-corrected chi connectivity index (χ1v) is 6.89. The fourth-order valence-corrected chi connectivity index (χ4v) is 1.62. The fraction of sp³-hybridized carbons (Fsp3) is 0.923. The van der Waals surface area contributed by atoms with Gasteiger partial charge < -0.3 is 20.1 Å². The number of guanidine groups is 1. The lowest BCUT2D eigenvalue weighted by Crippen LogP contribution is -2.39. The topological polar surface area (TPSA) is 54.9 Å². The van der Waals surface area contributed by atoms with E-state index in [-0.39, 0.29) is 24.0 Å². The maximum absolute atomic E-state index is 5.39. The number of hydrogen-bond acceptors (Lipinski definition) is 3. The van der Waals surface area contributed by atoms with E-state index in [1.54, 1.807) is 7.11 Å². The van der Waals surface area contributed by atoms with E-state index in [9.17, 15) is 0 Å². The molecule has 6 heteroatoms. The van der Waals surface area contributed by atoms with Gasteiger partial charge in [-0.1, -0.05) is 6.92 Å². The molecule has 1 fully saturated rings. The van der Waals surface area contributed by atoms with Crippen molar-refractivity contribution in [2.24, 2.45) is 10.9 Å². The van der Waals surface area contributed by atoms with Crippen LogP contribution in [0.2, 0.25) is 0 Å². The summed E-state index contributed by atoms with van der Waals surface area (Å²) in [5.41, 5.74) is 0. The largest absolute Gasteiger partial charge is 0.382 e. The van der Waals surface area contributed by atoms with Gasteiger partial charge in [-0.3, -0.25) is 4.99 Å². The van der Waals surface area contributed by atoms with Crippen LogP contribution in [0.3, 0.4) is 0 Å². The first kappa shape index (κ1) is 18.9.